The molecule has 0 amide bonds. The number of allylic oxidation sites excluding steroid dienone is 1. The maximum Gasteiger partial charge on any atom is 0.0577 e. The Labute approximate surface area is 186 Å². The van der Waals surface area contributed by atoms with Crippen molar-refractivity contribution in [1.82, 2.24) is 9.80 Å². The van der Waals surface area contributed by atoms with Crippen molar-refractivity contribution in [3.8, 4) is 0 Å². The van der Waals surface area contributed by atoms with E-state index < -0.39 is 20.9 Å². The molecule has 4 rings (SSSR count). The number of hydrogen-bond donors (Lipinski definition) is 1. The average Bonchev–Trinajstić information content (AvgIpc) is 3.08. The van der Waals surface area contributed by atoms with Crippen molar-refractivity contribution < 1.29 is 17.4 Å². The van der Waals surface area contributed by atoms with Crippen LogP contribution in [0.3, 0.4) is 0 Å². The zero-order valence-corrected chi connectivity index (χ0v) is 17.6. The van der Waals surface area contributed by atoms with E-state index in [1.807, 2.05) is 0 Å². The molecule has 7 atom stereocenters. The highest BCUT2D eigenvalue weighted by Gasteiger charge is 2.59. The molecule has 4 aliphatic rings. The lowest BCUT2D eigenvalue weighted by molar-refractivity contribution is -0.0565. The highest BCUT2D eigenvalue weighted by Crippen LogP contribution is 2.65. The van der Waals surface area contributed by atoms with E-state index in [1.54, 1.807) is 4.90 Å². The molecular formula is C25H44N2O. The fourth-order valence-corrected chi connectivity index (χ4v) is 7.68. The molecule has 0 aliphatic heterocycles. The minimum absolute atomic E-state index is 0.124. The maximum absolute atomic E-state index is 10.3. The van der Waals surface area contributed by atoms with Crippen LogP contribution in [0.4, 0.5) is 0 Å². The van der Waals surface area contributed by atoms with Gasteiger partial charge < -0.3 is 14.9 Å². The molecule has 2 unspecified atom stereocenters. The molecule has 4 aliphatic carbocycles. The van der Waals surface area contributed by atoms with Crippen molar-refractivity contribution in [2.24, 2.45) is 28.6 Å². The van der Waals surface area contributed by atoms with Gasteiger partial charge in [0.1, 0.15) is 0 Å². The number of fused-ring (bicyclic) bond motifs is 5. The van der Waals surface area contributed by atoms with Crippen molar-refractivity contribution in [1.29, 1.82) is 0 Å². The van der Waals surface area contributed by atoms with E-state index >= 15 is 0 Å². The van der Waals surface area contributed by atoms with Gasteiger partial charge in [0.05, 0.1) is 6.10 Å². The summed E-state index contributed by atoms with van der Waals surface area (Å²) in [6.07, 6.45) is 9.71. The summed E-state index contributed by atoms with van der Waals surface area (Å²) >= 11 is 0. The maximum atomic E-state index is 10.3. The van der Waals surface area contributed by atoms with Crippen LogP contribution >= 0.6 is 0 Å². The van der Waals surface area contributed by atoms with Crippen LogP contribution in [0.5, 0.6) is 0 Å². The first-order chi connectivity index (χ1) is 16.9. The summed E-state index contributed by atoms with van der Waals surface area (Å²) in [5.41, 5.74) is 1.39. The van der Waals surface area contributed by atoms with Crippen molar-refractivity contribution in [2.45, 2.75) is 83.8 Å². The topological polar surface area (TPSA) is 26.7 Å². The Balaban J connectivity index is 1.52. The second kappa shape index (κ2) is 7.71. The molecule has 3 nitrogen and oxygen atoms in total. The van der Waals surface area contributed by atoms with Crippen LogP contribution in [0.2, 0.25) is 0 Å². The van der Waals surface area contributed by atoms with E-state index in [2.05, 4.69) is 19.9 Å². The lowest BCUT2D eigenvalue weighted by Gasteiger charge is -2.58. The molecule has 3 fully saturated rings. The molecule has 0 heterocycles. The van der Waals surface area contributed by atoms with E-state index in [0.717, 1.165) is 51.4 Å². The van der Waals surface area contributed by atoms with Crippen LogP contribution in [-0.2, 0) is 0 Å². The quantitative estimate of drug-likeness (QED) is 0.689. The van der Waals surface area contributed by atoms with Gasteiger partial charge in [0.25, 0.3) is 0 Å². The van der Waals surface area contributed by atoms with Crippen LogP contribution in [0.15, 0.2) is 11.6 Å². The highest BCUT2D eigenvalue weighted by atomic mass is 16.3. The molecule has 0 radical (unpaired) electrons. The van der Waals surface area contributed by atoms with Crippen LogP contribution in [0.25, 0.3) is 0 Å². The Hall–Kier alpha value is -0.380. The molecule has 0 aromatic heterocycles. The minimum atomic E-state index is -2.77. The van der Waals surface area contributed by atoms with Gasteiger partial charge in [-0.2, -0.15) is 0 Å². The fraction of sp³-hybridized carbons (Fsp3) is 0.920. The molecule has 0 spiro atoms. The summed E-state index contributed by atoms with van der Waals surface area (Å²) in [4.78, 5) is 2.10. The molecule has 28 heavy (non-hydrogen) atoms. The summed E-state index contributed by atoms with van der Waals surface area (Å²) < 4.78 is 70.6. The summed E-state index contributed by atoms with van der Waals surface area (Å²) in [7, 11) is 0. The van der Waals surface area contributed by atoms with E-state index in [4.69, 9.17) is 12.3 Å². The van der Waals surface area contributed by atoms with Gasteiger partial charge >= 0.3 is 0 Å². The zero-order chi connectivity index (χ0) is 27.6. The number of aliphatic hydroxyl groups excluding tert-OH is 1. The lowest BCUT2D eigenvalue weighted by atomic mass is 9.48. The van der Waals surface area contributed by atoms with Crippen molar-refractivity contribution >= 4 is 0 Å². The number of aliphatic hydroxyl groups is 1. The van der Waals surface area contributed by atoms with Gasteiger partial charge in [0.2, 0.25) is 0 Å². The molecule has 1 N–H and O–H groups in total. The third-order valence-corrected chi connectivity index (χ3v) is 9.18. The standard InChI is InChI=1S/C25H44N2O/c1-24-13-11-19(28)17-18(24)7-8-20-21-9-10-23(25(21,2)14-12-22(20)24)27(5)16-6-15-26(3)4/h7,19-23,28H,6,8-17H2,1-5H3/t19?,20-,21-,22-,23?,24-,25-/m0/s1/i3D3,4D3,5D3. The summed E-state index contributed by atoms with van der Waals surface area (Å²) in [5, 5.41) is 10.3. The Morgan fingerprint density at radius 1 is 1.07 bits per heavy atom. The Morgan fingerprint density at radius 3 is 2.71 bits per heavy atom. The van der Waals surface area contributed by atoms with Gasteiger partial charge in [-0.25, -0.2) is 0 Å². The second-order valence-corrected chi connectivity index (χ2v) is 10.5. The van der Waals surface area contributed by atoms with Gasteiger partial charge in [0.15, 0.2) is 0 Å². The van der Waals surface area contributed by atoms with Crippen LogP contribution in [0.1, 0.15) is 84.0 Å². The highest BCUT2D eigenvalue weighted by molar-refractivity contribution is 5.25. The molecule has 0 saturated heterocycles. The van der Waals surface area contributed by atoms with E-state index in [-0.39, 0.29) is 42.5 Å². The van der Waals surface area contributed by atoms with E-state index in [1.165, 1.54) is 5.57 Å². The molecular weight excluding hydrogens is 344 g/mol. The fourth-order valence-electron chi connectivity index (χ4n) is 7.68. The summed E-state index contributed by atoms with van der Waals surface area (Å²) in [5.74, 6) is 1.49. The molecule has 160 valence electrons. The normalized spacial score (nSPS) is 51.7. The molecule has 0 aromatic rings. The van der Waals surface area contributed by atoms with E-state index in [0.29, 0.717) is 22.7 Å². The zero-order valence-electron chi connectivity index (χ0n) is 26.6. The number of nitrogens with zero attached hydrogens (tertiary/aromatic N) is 2. The molecule has 0 aromatic carbocycles. The Kier molecular flexibility index (Phi) is 3.43. The number of rotatable bonds is 5. The second-order valence-electron chi connectivity index (χ2n) is 10.5. The third kappa shape index (κ3) is 3.40. The van der Waals surface area contributed by atoms with E-state index in [9.17, 15) is 5.11 Å². The average molecular weight is 398 g/mol. The van der Waals surface area contributed by atoms with Crippen LogP contribution in [0, 0.1) is 28.6 Å². The molecule has 3 saturated carbocycles. The largest absolute Gasteiger partial charge is 0.393 e. The first-order valence-corrected chi connectivity index (χ1v) is 11.3. The van der Waals surface area contributed by atoms with Crippen molar-refractivity contribution in [2.75, 3.05) is 34.0 Å². The third-order valence-electron chi connectivity index (χ3n) is 9.18. The molecule has 3 heteroatoms. The SMILES string of the molecule is [2H]C([2H])([2H])N(CCCN(C([2H])([2H])[2H])C([2H])([2H])[2H])C1CC[C@H]2[C@@H]3CC=C4CC(O)CC[C@]4(C)[C@H]3CC[C@]12C. The minimum Gasteiger partial charge on any atom is -0.393 e. The molecule has 0 bridgehead atoms. The van der Waals surface area contributed by atoms with Gasteiger partial charge in [0, 0.05) is 18.4 Å². The predicted molar refractivity (Wildman–Crippen MR) is 117 cm³/mol. The van der Waals surface area contributed by atoms with Gasteiger partial charge in [-0.3, -0.25) is 0 Å². The lowest BCUT2D eigenvalue weighted by Crippen LogP contribution is -2.53. The van der Waals surface area contributed by atoms with Crippen LogP contribution < -0.4 is 0 Å². The summed E-state index contributed by atoms with van der Waals surface area (Å²) in [6.45, 7) is -3.31. The number of hydrogen-bond acceptors (Lipinski definition) is 3. The Bertz CT molecular complexity index is 856. The Morgan fingerprint density at radius 2 is 1.93 bits per heavy atom. The van der Waals surface area contributed by atoms with Gasteiger partial charge in [-0.15, -0.1) is 0 Å². The van der Waals surface area contributed by atoms with Gasteiger partial charge in [-0.05, 0) is 120 Å². The smallest absolute Gasteiger partial charge is 0.0577 e. The summed E-state index contributed by atoms with van der Waals surface area (Å²) in [6, 6.07) is -0.147. The van der Waals surface area contributed by atoms with Crippen molar-refractivity contribution in [3.05, 3.63) is 11.6 Å². The monoisotopic (exact) mass is 397 g/mol. The van der Waals surface area contributed by atoms with Crippen LogP contribution in [-0.4, -0.2) is 61.1 Å². The predicted octanol–water partition coefficient (Wildman–Crippen LogP) is 4.56. The first kappa shape index (κ1) is 12.5. The van der Waals surface area contributed by atoms with Gasteiger partial charge in [-0.1, -0.05) is 25.5 Å². The van der Waals surface area contributed by atoms with Crippen molar-refractivity contribution in [3.63, 3.8) is 0 Å². The first-order valence-electron chi connectivity index (χ1n) is 15.8.